The molecule has 2 aliphatic heterocycles. The number of carbonyl (C=O) groups excluding carboxylic acids is 1. The number of nitrogens with zero attached hydrogens (tertiary/aromatic N) is 1. The van der Waals surface area contributed by atoms with Crippen LogP contribution in [-0.4, -0.2) is 43.0 Å². The number of rotatable bonds is 4. The Labute approximate surface area is 158 Å². The lowest BCUT2D eigenvalue weighted by atomic mass is 9.83. The molecule has 1 atom stereocenters. The number of esters is 1. The summed E-state index contributed by atoms with van der Waals surface area (Å²) in [5.74, 6) is 0.437. The van der Waals surface area contributed by atoms with E-state index < -0.39 is 11.9 Å². The zero-order valence-corrected chi connectivity index (χ0v) is 15.7. The highest BCUT2D eigenvalue weighted by Gasteiger charge is 2.41. The Morgan fingerprint density at radius 2 is 2.00 bits per heavy atom. The molecule has 0 aliphatic carbocycles. The Kier molecular flexibility index (Phi) is 4.31. The van der Waals surface area contributed by atoms with Gasteiger partial charge in [0.2, 0.25) is 0 Å². The highest BCUT2D eigenvalue weighted by atomic mass is 32.2. The van der Waals surface area contributed by atoms with Crippen LogP contribution in [0.5, 0.6) is 11.5 Å². The van der Waals surface area contributed by atoms with Crippen LogP contribution in [0.1, 0.15) is 17.0 Å². The molecule has 2 aromatic rings. The fraction of sp³-hybridized carbons (Fsp3) is 0.278. The monoisotopic (exact) mass is 387 g/mol. The molecule has 0 amide bonds. The molecule has 2 N–H and O–H groups in total. The molecule has 140 valence electrons. The second-order valence-electron chi connectivity index (χ2n) is 5.98. The van der Waals surface area contributed by atoms with Gasteiger partial charge in [0, 0.05) is 0 Å². The zero-order chi connectivity index (χ0) is 19.1. The minimum atomic E-state index is -0.613. The molecule has 2 aliphatic rings. The lowest BCUT2D eigenvalue weighted by molar-refractivity contribution is -0.136. The van der Waals surface area contributed by atoms with Gasteiger partial charge in [-0.3, -0.25) is 4.79 Å². The van der Waals surface area contributed by atoms with Crippen molar-refractivity contribution in [3.8, 4) is 11.5 Å². The first-order valence-corrected chi connectivity index (χ1v) is 9.37. The van der Waals surface area contributed by atoms with Gasteiger partial charge in [0.05, 0.1) is 37.0 Å². The quantitative estimate of drug-likeness (QED) is 0.466. The molecule has 8 nitrogen and oxygen atoms in total. The average Bonchev–Trinajstić information content (AvgIpc) is 3.06. The summed E-state index contributed by atoms with van der Waals surface area (Å²) in [4.78, 5) is 32.4. The molecule has 9 heteroatoms. The van der Waals surface area contributed by atoms with Crippen LogP contribution in [-0.2, 0) is 9.53 Å². The fourth-order valence-electron chi connectivity index (χ4n) is 3.39. The normalized spacial score (nSPS) is 17.7. The van der Waals surface area contributed by atoms with E-state index in [2.05, 4.69) is 15.3 Å². The molecule has 0 radical (unpaired) electrons. The van der Waals surface area contributed by atoms with Crippen molar-refractivity contribution in [1.29, 1.82) is 0 Å². The van der Waals surface area contributed by atoms with Crippen molar-refractivity contribution in [3.63, 3.8) is 0 Å². The van der Waals surface area contributed by atoms with Gasteiger partial charge in [-0.25, -0.2) is 9.78 Å². The standard InChI is InChI=1S/C18H17N3O5S/c1-24-10-5-4-8(6-11(10)25-2)12-13-9(7-26-17(13)23)19-15-14(12)16(22)21-18(20-15)27-3/h4-6,12H,7H2,1-3H3,(H2,19,20,21,22)/t12-/m0/s1. The second-order valence-corrected chi connectivity index (χ2v) is 6.77. The van der Waals surface area contributed by atoms with E-state index >= 15 is 0 Å². The van der Waals surface area contributed by atoms with E-state index in [-0.39, 0.29) is 12.2 Å². The van der Waals surface area contributed by atoms with Gasteiger partial charge in [-0.05, 0) is 24.0 Å². The van der Waals surface area contributed by atoms with Crippen molar-refractivity contribution in [2.45, 2.75) is 11.1 Å². The van der Waals surface area contributed by atoms with Crippen LogP contribution < -0.4 is 20.3 Å². The minimum absolute atomic E-state index is 0.125. The Bertz CT molecular complexity index is 1030. The van der Waals surface area contributed by atoms with Crippen molar-refractivity contribution >= 4 is 23.5 Å². The van der Waals surface area contributed by atoms with E-state index in [1.165, 1.54) is 18.9 Å². The zero-order valence-electron chi connectivity index (χ0n) is 14.9. The summed E-state index contributed by atoms with van der Waals surface area (Å²) in [6, 6.07) is 5.31. The summed E-state index contributed by atoms with van der Waals surface area (Å²) in [5.41, 5.74) is 1.82. The number of anilines is 1. The summed E-state index contributed by atoms with van der Waals surface area (Å²) in [5, 5.41) is 3.58. The number of nitrogens with one attached hydrogen (secondary N) is 2. The maximum absolute atomic E-state index is 12.8. The van der Waals surface area contributed by atoms with Crippen LogP contribution in [0, 0.1) is 0 Å². The van der Waals surface area contributed by atoms with Gasteiger partial charge >= 0.3 is 5.97 Å². The van der Waals surface area contributed by atoms with Gasteiger partial charge in [0.15, 0.2) is 16.7 Å². The van der Waals surface area contributed by atoms with Gasteiger partial charge in [0.25, 0.3) is 5.56 Å². The molecule has 3 heterocycles. The SMILES string of the molecule is COc1ccc([C@H]2C3=C(COC3=O)Nc3nc(SC)[nH]c(=O)c32)cc1OC. The summed E-state index contributed by atoms with van der Waals surface area (Å²) >= 11 is 1.33. The predicted octanol–water partition coefficient (Wildman–Crippen LogP) is 1.88. The molecule has 4 rings (SSSR count). The van der Waals surface area contributed by atoms with Crippen LogP contribution >= 0.6 is 11.8 Å². The molecule has 27 heavy (non-hydrogen) atoms. The number of hydrogen-bond acceptors (Lipinski definition) is 8. The van der Waals surface area contributed by atoms with Gasteiger partial charge < -0.3 is 24.5 Å². The third-order valence-corrected chi connectivity index (χ3v) is 5.19. The lowest BCUT2D eigenvalue weighted by Gasteiger charge is -2.26. The Morgan fingerprint density at radius 3 is 2.70 bits per heavy atom. The van der Waals surface area contributed by atoms with Crippen molar-refractivity contribution in [3.05, 3.63) is 50.9 Å². The maximum Gasteiger partial charge on any atom is 0.337 e. The van der Waals surface area contributed by atoms with Gasteiger partial charge in [-0.15, -0.1) is 0 Å². The van der Waals surface area contributed by atoms with Crippen LogP contribution in [0.2, 0.25) is 0 Å². The molecular formula is C18H17N3O5S. The largest absolute Gasteiger partial charge is 0.493 e. The fourth-order valence-corrected chi connectivity index (χ4v) is 3.76. The van der Waals surface area contributed by atoms with E-state index in [0.29, 0.717) is 44.9 Å². The third kappa shape index (κ3) is 2.74. The predicted molar refractivity (Wildman–Crippen MR) is 99.6 cm³/mol. The van der Waals surface area contributed by atoms with E-state index in [1.54, 1.807) is 25.3 Å². The van der Waals surface area contributed by atoms with E-state index in [9.17, 15) is 9.59 Å². The lowest BCUT2D eigenvalue weighted by Crippen LogP contribution is -2.29. The number of carbonyl (C=O) groups is 1. The second kappa shape index (κ2) is 6.66. The number of cyclic esters (lactones) is 1. The minimum Gasteiger partial charge on any atom is -0.493 e. The summed E-state index contributed by atoms with van der Waals surface area (Å²) in [6.45, 7) is 0.125. The highest BCUT2D eigenvalue weighted by Crippen LogP contribution is 2.44. The number of H-pyrrole nitrogens is 1. The number of ether oxygens (including phenoxy) is 3. The topological polar surface area (TPSA) is 103 Å². The summed E-state index contributed by atoms with van der Waals surface area (Å²) < 4.78 is 15.9. The molecule has 0 bridgehead atoms. The van der Waals surface area contributed by atoms with Crippen molar-refractivity contribution in [1.82, 2.24) is 9.97 Å². The first-order valence-electron chi connectivity index (χ1n) is 8.14. The number of hydrogen-bond donors (Lipinski definition) is 2. The number of fused-ring (bicyclic) bond motifs is 1. The Balaban J connectivity index is 1.95. The summed E-state index contributed by atoms with van der Waals surface area (Å²) in [7, 11) is 3.08. The Hall–Kier alpha value is -2.94. The number of methoxy groups -OCH3 is 2. The average molecular weight is 387 g/mol. The molecule has 0 spiro atoms. The van der Waals surface area contributed by atoms with E-state index in [4.69, 9.17) is 14.2 Å². The highest BCUT2D eigenvalue weighted by molar-refractivity contribution is 7.98. The van der Waals surface area contributed by atoms with Gasteiger partial charge in [-0.2, -0.15) is 0 Å². The van der Waals surface area contributed by atoms with Crippen molar-refractivity contribution in [2.75, 3.05) is 32.4 Å². The van der Waals surface area contributed by atoms with E-state index in [1.807, 2.05) is 6.26 Å². The molecule has 0 fully saturated rings. The number of thioether (sulfide) groups is 1. The number of aromatic amines is 1. The molecule has 1 aromatic heterocycles. The first-order chi connectivity index (χ1) is 13.1. The first kappa shape index (κ1) is 17.5. The van der Waals surface area contributed by atoms with Crippen molar-refractivity contribution < 1.29 is 19.0 Å². The molecule has 0 saturated carbocycles. The third-order valence-electron chi connectivity index (χ3n) is 4.61. The van der Waals surface area contributed by atoms with Crippen LogP contribution in [0.4, 0.5) is 5.82 Å². The molecule has 1 aromatic carbocycles. The van der Waals surface area contributed by atoms with E-state index in [0.717, 1.165) is 0 Å². The Morgan fingerprint density at radius 1 is 1.22 bits per heavy atom. The van der Waals surface area contributed by atoms with Crippen LogP contribution in [0.3, 0.4) is 0 Å². The van der Waals surface area contributed by atoms with Crippen LogP contribution in [0.25, 0.3) is 0 Å². The molecule has 0 unspecified atom stereocenters. The maximum atomic E-state index is 12.8. The molecular weight excluding hydrogens is 370 g/mol. The number of benzene rings is 1. The van der Waals surface area contributed by atoms with Gasteiger partial charge in [-0.1, -0.05) is 17.8 Å². The molecule has 0 saturated heterocycles. The summed E-state index contributed by atoms with van der Waals surface area (Å²) in [6.07, 6.45) is 1.83. The number of aromatic nitrogens is 2. The van der Waals surface area contributed by atoms with Crippen molar-refractivity contribution in [2.24, 2.45) is 0 Å². The smallest absolute Gasteiger partial charge is 0.337 e. The van der Waals surface area contributed by atoms with Crippen LogP contribution in [0.15, 0.2) is 39.4 Å². The van der Waals surface area contributed by atoms with Gasteiger partial charge in [0.1, 0.15) is 12.4 Å².